The molecule has 3 rings (SSSR count). The molecule has 0 radical (unpaired) electrons. The second-order valence-corrected chi connectivity index (χ2v) is 8.94. The van der Waals surface area contributed by atoms with Gasteiger partial charge in [0.2, 0.25) is 5.91 Å². The van der Waals surface area contributed by atoms with Gasteiger partial charge in [0.1, 0.15) is 5.75 Å². The number of thiophene rings is 1. The number of hydrogen-bond donors (Lipinski definition) is 2. The second kappa shape index (κ2) is 10.5. The zero-order valence-corrected chi connectivity index (χ0v) is 18.9. The molecule has 2 N–H and O–H groups in total. The fourth-order valence-electron chi connectivity index (χ4n) is 2.70. The number of carbonyl (C=O) groups excluding carboxylic acids is 2. The summed E-state index contributed by atoms with van der Waals surface area (Å²) in [5, 5.41) is 7.80. The van der Waals surface area contributed by atoms with Gasteiger partial charge in [0.25, 0.3) is 5.91 Å². The maximum atomic E-state index is 12.8. The summed E-state index contributed by atoms with van der Waals surface area (Å²) in [6, 6.07) is 16.2. The molecule has 5 nitrogen and oxygen atoms in total. The lowest BCUT2D eigenvalue weighted by Gasteiger charge is -2.16. The van der Waals surface area contributed by atoms with Crippen LogP contribution in [0.1, 0.15) is 23.0 Å². The first-order chi connectivity index (χ1) is 14.5. The smallest absolute Gasteiger partial charge is 0.265 e. The van der Waals surface area contributed by atoms with E-state index < -0.39 is 0 Å². The third-order valence-corrected chi connectivity index (χ3v) is 6.72. The van der Waals surface area contributed by atoms with Gasteiger partial charge in [-0.25, -0.2) is 0 Å². The molecule has 2 amide bonds. The van der Waals surface area contributed by atoms with Crippen LogP contribution in [0.25, 0.3) is 0 Å². The molecular formula is C22H21ClN2O3S2. The summed E-state index contributed by atoms with van der Waals surface area (Å²) in [5.41, 5.74) is 1.30. The van der Waals surface area contributed by atoms with Crippen molar-refractivity contribution in [2.24, 2.45) is 0 Å². The molecule has 0 fully saturated rings. The van der Waals surface area contributed by atoms with E-state index in [1.165, 1.54) is 23.1 Å². The van der Waals surface area contributed by atoms with Crippen molar-refractivity contribution in [1.82, 2.24) is 0 Å². The fraction of sp³-hybridized carbons (Fsp3) is 0.182. The lowest BCUT2D eigenvalue weighted by Crippen LogP contribution is -2.24. The van der Waals surface area contributed by atoms with E-state index in [4.69, 9.17) is 16.3 Å². The van der Waals surface area contributed by atoms with Crippen molar-refractivity contribution >= 4 is 57.9 Å². The molecule has 1 aromatic heterocycles. The summed E-state index contributed by atoms with van der Waals surface area (Å²) >= 11 is 8.97. The molecule has 0 spiro atoms. The maximum Gasteiger partial charge on any atom is 0.265 e. The average molecular weight is 461 g/mol. The van der Waals surface area contributed by atoms with Gasteiger partial charge in [-0.3, -0.25) is 9.59 Å². The molecule has 0 saturated heterocycles. The van der Waals surface area contributed by atoms with E-state index in [9.17, 15) is 9.59 Å². The van der Waals surface area contributed by atoms with E-state index in [1.807, 2.05) is 42.6 Å². The normalized spacial score (nSPS) is 11.6. The number of amides is 2. The quantitative estimate of drug-likeness (QED) is 0.394. The number of anilines is 2. The van der Waals surface area contributed by atoms with Crippen molar-refractivity contribution in [2.75, 3.05) is 17.7 Å². The van der Waals surface area contributed by atoms with Crippen LogP contribution < -0.4 is 15.4 Å². The summed E-state index contributed by atoms with van der Waals surface area (Å²) in [7, 11) is 1.54. The van der Waals surface area contributed by atoms with Crippen LogP contribution in [0.15, 0.2) is 64.9 Å². The van der Waals surface area contributed by atoms with Gasteiger partial charge >= 0.3 is 0 Å². The summed E-state index contributed by atoms with van der Waals surface area (Å²) in [4.78, 5) is 26.6. The van der Waals surface area contributed by atoms with Crippen LogP contribution in [0, 0.1) is 0 Å². The minimum atomic E-state index is -0.297. The van der Waals surface area contributed by atoms with Gasteiger partial charge < -0.3 is 15.4 Å². The Morgan fingerprint density at radius 2 is 1.90 bits per heavy atom. The number of rotatable bonds is 8. The highest BCUT2D eigenvalue weighted by Gasteiger charge is 2.19. The van der Waals surface area contributed by atoms with Crippen LogP contribution >= 0.6 is 34.7 Å². The zero-order chi connectivity index (χ0) is 21.5. The Balaban J connectivity index is 1.65. The molecule has 0 aliphatic heterocycles. The summed E-state index contributed by atoms with van der Waals surface area (Å²) in [5.74, 6) is 0.294. The van der Waals surface area contributed by atoms with Crippen LogP contribution in [-0.4, -0.2) is 24.2 Å². The summed E-state index contributed by atoms with van der Waals surface area (Å²) < 4.78 is 5.14. The van der Waals surface area contributed by atoms with Crippen LogP contribution in [0.5, 0.6) is 5.75 Å². The number of benzene rings is 2. The Kier molecular flexibility index (Phi) is 7.79. The van der Waals surface area contributed by atoms with Crippen molar-refractivity contribution in [3.05, 3.63) is 69.9 Å². The first-order valence-electron chi connectivity index (χ1n) is 9.26. The van der Waals surface area contributed by atoms with Crippen molar-refractivity contribution in [3.63, 3.8) is 0 Å². The predicted octanol–water partition coefficient (Wildman–Crippen LogP) is 6.17. The number of ether oxygens (including phenoxy) is 1. The first-order valence-corrected chi connectivity index (χ1v) is 11.4. The predicted molar refractivity (Wildman–Crippen MR) is 125 cm³/mol. The van der Waals surface area contributed by atoms with Crippen molar-refractivity contribution < 1.29 is 14.3 Å². The average Bonchev–Trinajstić information content (AvgIpc) is 3.27. The number of carbonyl (C=O) groups is 2. The Morgan fingerprint density at radius 1 is 1.10 bits per heavy atom. The monoisotopic (exact) mass is 460 g/mol. The molecule has 1 heterocycles. The number of halogens is 1. The molecule has 8 heteroatoms. The van der Waals surface area contributed by atoms with Gasteiger partial charge in [-0.05, 0) is 54.3 Å². The highest BCUT2D eigenvalue weighted by molar-refractivity contribution is 8.00. The highest BCUT2D eigenvalue weighted by atomic mass is 35.5. The van der Waals surface area contributed by atoms with E-state index >= 15 is 0 Å². The van der Waals surface area contributed by atoms with Crippen LogP contribution in [-0.2, 0) is 4.79 Å². The third kappa shape index (κ3) is 5.78. The molecule has 0 bridgehead atoms. The molecule has 156 valence electrons. The number of hydrogen-bond acceptors (Lipinski definition) is 5. The van der Waals surface area contributed by atoms with Gasteiger partial charge in [0.05, 0.1) is 22.3 Å². The van der Waals surface area contributed by atoms with E-state index in [0.717, 1.165) is 4.90 Å². The van der Waals surface area contributed by atoms with E-state index in [1.54, 1.807) is 31.4 Å². The Labute approximate surface area is 188 Å². The van der Waals surface area contributed by atoms with Crippen molar-refractivity contribution in [1.29, 1.82) is 0 Å². The molecular weight excluding hydrogens is 440 g/mol. The van der Waals surface area contributed by atoms with Gasteiger partial charge in [-0.1, -0.05) is 30.7 Å². The molecule has 0 aliphatic rings. The van der Waals surface area contributed by atoms with Crippen LogP contribution in [0.3, 0.4) is 0 Å². The zero-order valence-electron chi connectivity index (χ0n) is 16.5. The number of thioether (sulfide) groups is 1. The molecule has 0 aliphatic carbocycles. The Hall–Kier alpha value is -2.48. The number of methoxy groups -OCH3 is 1. The van der Waals surface area contributed by atoms with Crippen LogP contribution in [0.2, 0.25) is 5.02 Å². The minimum absolute atomic E-state index is 0.114. The van der Waals surface area contributed by atoms with E-state index in [0.29, 0.717) is 33.4 Å². The van der Waals surface area contributed by atoms with E-state index in [-0.39, 0.29) is 17.1 Å². The fourth-order valence-corrected chi connectivity index (χ4v) is 4.59. The molecule has 1 atom stereocenters. The SMILES string of the molecule is CCC(Sc1cccc(NC(=O)c2cccs2)c1)C(=O)Nc1ccc(OC)c(Cl)c1. The molecule has 3 aromatic rings. The Bertz CT molecular complexity index is 1020. The van der Waals surface area contributed by atoms with Crippen molar-refractivity contribution in [3.8, 4) is 5.75 Å². The molecule has 2 aromatic carbocycles. The minimum Gasteiger partial charge on any atom is -0.495 e. The van der Waals surface area contributed by atoms with Gasteiger partial charge in [0, 0.05) is 16.3 Å². The molecule has 1 unspecified atom stereocenters. The second-order valence-electron chi connectivity index (χ2n) is 6.31. The largest absolute Gasteiger partial charge is 0.495 e. The topological polar surface area (TPSA) is 67.4 Å². The van der Waals surface area contributed by atoms with E-state index in [2.05, 4.69) is 10.6 Å². The molecule has 0 saturated carbocycles. The summed E-state index contributed by atoms with van der Waals surface area (Å²) in [6.45, 7) is 1.96. The maximum absolute atomic E-state index is 12.8. The standard InChI is InChI=1S/C22H21ClN2O3S2/c1-3-19(21(26)25-15-9-10-18(28-2)17(23)13-15)30-16-7-4-6-14(12-16)24-22(27)20-8-5-11-29-20/h4-13,19H,3H2,1-2H3,(H,24,27)(H,25,26). The molecule has 30 heavy (non-hydrogen) atoms. The number of nitrogens with one attached hydrogen (secondary N) is 2. The van der Waals surface area contributed by atoms with Gasteiger partial charge in [-0.2, -0.15) is 0 Å². The third-order valence-electron chi connectivity index (χ3n) is 4.20. The van der Waals surface area contributed by atoms with Crippen molar-refractivity contribution in [2.45, 2.75) is 23.5 Å². The lowest BCUT2D eigenvalue weighted by molar-refractivity contribution is -0.115. The Morgan fingerprint density at radius 3 is 2.57 bits per heavy atom. The van der Waals surface area contributed by atoms with Crippen LogP contribution in [0.4, 0.5) is 11.4 Å². The lowest BCUT2D eigenvalue weighted by atomic mass is 10.2. The highest BCUT2D eigenvalue weighted by Crippen LogP contribution is 2.30. The summed E-state index contributed by atoms with van der Waals surface area (Å²) in [6.07, 6.45) is 0.645. The first kappa shape index (κ1) is 22.2. The van der Waals surface area contributed by atoms with Gasteiger partial charge in [-0.15, -0.1) is 23.1 Å². The van der Waals surface area contributed by atoms with Gasteiger partial charge in [0.15, 0.2) is 0 Å².